The molecule has 0 bridgehead atoms. The van der Waals surface area contributed by atoms with Crippen molar-refractivity contribution in [2.24, 2.45) is 0 Å². The molecule has 220 valence electrons. The zero-order chi connectivity index (χ0) is 30.1. The highest BCUT2D eigenvalue weighted by atomic mass is 32.2. The summed E-state index contributed by atoms with van der Waals surface area (Å²) in [4.78, 5) is 63.7. The number of hydrogen-bond donors (Lipinski definition) is 0. The first-order chi connectivity index (χ1) is 19.5. The molecule has 1 aliphatic heterocycles. The standard InChI is InChI=1S/C28H31NO11S/c1-15(30)36-14-23-24(37-16(2)31)25(38-17(3)32)26(39-18(4)33)28(41-23)40-22-13-29-11-10-21(22)12-19-6-8-20(9-7-19)27(34)35-5/h6-11,13,23-26,28H,12,14H2,1-5H3/t23-,24-,25+,26-,28-/m1/s1. The molecule has 12 nitrogen and oxygen atoms in total. The van der Waals surface area contributed by atoms with Crippen molar-refractivity contribution in [3.05, 3.63) is 59.4 Å². The van der Waals surface area contributed by atoms with E-state index in [1.807, 2.05) is 0 Å². The first-order valence-electron chi connectivity index (χ1n) is 12.6. The van der Waals surface area contributed by atoms with Gasteiger partial charge in [0.25, 0.3) is 0 Å². The van der Waals surface area contributed by atoms with E-state index in [-0.39, 0.29) is 6.61 Å². The number of pyridine rings is 1. The summed E-state index contributed by atoms with van der Waals surface area (Å²) >= 11 is 1.10. The maximum atomic E-state index is 12.1. The number of esters is 5. The normalized spacial score (nSPS) is 21.6. The van der Waals surface area contributed by atoms with Crippen LogP contribution in [0.3, 0.4) is 0 Å². The Bertz CT molecular complexity index is 1270. The third kappa shape index (κ3) is 8.93. The molecule has 0 N–H and O–H groups in total. The van der Waals surface area contributed by atoms with Crippen molar-refractivity contribution in [3.63, 3.8) is 0 Å². The Hall–Kier alpha value is -4.13. The number of aromatic nitrogens is 1. The van der Waals surface area contributed by atoms with Crippen molar-refractivity contribution in [3.8, 4) is 5.75 Å². The van der Waals surface area contributed by atoms with Gasteiger partial charge in [-0.05, 0) is 23.8 Å². The average molecular weight is 590 g/mol. The van der Waals surface area contributed by atoms with E-state index >= 15 is 0 Å². The summed E-state index contributed by atoms with van der Waals surface area (Å²) in [6.07, 6.45) is -0.111. The van der Waals surface area contributed by atoms with Crippen LogP contribution in [0.5, 0.6) is 5.75 Å². The first kappa shape index (κ1) is 31.4. The fourth-order valence-corrected chi connectivity index (χ4v) is 5.55. The maximum absolute atomic E-state index is 12.1. The zero-order valence-electron chi connectivity index (χ0n) is 23.2. The van der Waals surface area contributed by atoms with E-state index in [1.54, 1.807) is 36.5 Å². The van der Waals surface area contributed by atoms with E-state index in [4.69, 9.17) is 28.4 Å². The van der Waals surface area contributed by atoms with Gasteiger partial charge in [0.2, 0.25) is 0 Å². The maximum Gasteiger partial charge on any atom is 0.337 e. The lowest BCUT2D eigenvalue weighted by atomic mass is 10.0. The Labute approximate surface area is 241 Å². The molecule has 0 spiro atoms. The third-order valence-electron chi connectivity index (χ3n) is 5.83. The summed E-state index contributed by atoms with van der Waals surface area (Å²) in [5.74, 6) is -2.74. The van der Waals surface area contributed by atoms with E-state index in [1.165, 1.54) is 41.0 Å². The second-order valence-corrected chi connectivity index (χ2v) is 10.4. The summed E-state index contributed by atoms with van der Waals surface area (Å²) in [5, 5.41) is -0.741. The van der Waals surface area contributed by atoms with Gasteiger partial charge in [0.15, 0.2) is 23.7 Å². The number of nitrogens with zero attached hydrogens (tertiary/aromatic N) is 1. The van der Waals surface area contributed by atoms with Crippen LogP contribution in [0.25, 0.3) is 0 Å². The highest BCUT2D eigenvalue weighted by Crippen LogP contribution is 2.40. The molecule has 5 atom stereocenters. The monoisotopic (exact) mass is 589 g/mol. The van der Waals surface area contributed by atoms with E-state index in [9.17, 15) is 24.0 Å². The average Bonchev–Trinajstić information content (AvgIpc) is 2.91. The fraction of sp³-hybridized carbons (Fsp3) is 0.429. The van der Waals surface area contributed by atoms with Crippen LogP contribution in [0.2, 0.25) is 0 Å². The zero-order valence-corrected chi connectivity index (χ0v) is 24.0. The molecular weight excluding hydrogens is 558 g/mol. The van der Waals surface area contributed by atoms with E-state index in [2.05, 4.69) is 4.98 Å². The summed E-state index contributed by atoms with van der Waals surface area (Å²) < 4.78 is 32.8. The molecule has 0 unspecified atom stereocenters. The summed E-state index contributed by atoms with van der Waals surface area (Å²) in [6.45, 7) is 4.56. The number of thioether (sulfide) groups is 1. The molecule has 0 saturated carbocycles. The predicted molar refractivity (Wildman–Crippen MR) is 144 cm³/mol. The van der Waals surface area contributed by atoms with Crippen molar-refractivity contribution < 1.29 is 52.4 Å². The highest BCUT2D eigenvalue weighted by molar-refractivity contribution is 8.00. The van der Waals surface area contributed by atoms with Crippen molar-refractivity contribution in [2.75, 3.05) is 13.7 Å². The summed E-state index contributed by atoms with van der Waals surface area (Å²) in [5.41, 5.74) is 1.00. The number of methoxy groups -OCH3 is 1. The first-order valence-corrected chi connectivity index (χ1v) is 13.5. The number of hydrogen-bond acceptors (Lipinski definition) is 13. The van der Waals surface area contributed by atoms with Gasteiger partial charge in [-0.3, -0.25) is 24.2 Å². The number of carbonyl (C=O) groups excluding carboxylic acids is 5. The van der Waals surface area contributed by atoms with Crippen molar-refractivity contribution in [2.45, 2.75) is 63.1 Å². The van der Waals surface area contributed by atoms with Gasteiger partial charge in [-0.1, -0.05) is 12.1 Å². The number of carbonyl (C=O) groups is 5. The minimum atomic E-state index is -1.27. The minimum absolute atomic E-state index is 0.200. The van der Waals surface area contributed by atoms with Crippen LogP contribution in [0.1, 0.15) is 49.2 Å². The van der Waals surface area contributed by atoms with Gasteiger partial charge < -0.3 is 28.4 Å². The van der Waals surface area contributed by atoms with Gasteiger partial charge >= 0.3 is 29.8 Å². The van der Waals surface area contributed by atoms with Crippen molar-refractivity contribution >= 4 is 41.6 Å². The van der Waals surface area contributed by atoms with Crippen LogP contribution in [0, 0.1) is 0 Å². The van der Waals surface area contributed by atoms with Crippen molar-refractivity contribution in [1.82, 2.24) is 4.98 Å². The molecule has 2 heterocycles. The largest absolute Gasteiger partial charge is 0.474 e. The van der Waals surface area contributed by atoms with Crippen LogP contribution < -0.4 is 4.74 Å². The van der Waals surface area contributed by atoms with Crippen LogP contribution in [-0.4, -0.2) is 77.5 Å². The molecule has 1 fully saturated rings. The molecule has 13 heteroatoms. The molecule has 0 aliphatic carbocycles. The molecule has 41 heavy (non-hydrogen) atoms. The molecule has 0 amide bonds. The van der Waals surface area contributed by atoms with Gasteiger partial charge in [-0.15, -0.1) is 11.8 Å². The molecule has 0 radical (unpaired) electrons. The number of benzene rings is 1. The number of ether oxygens (including phenoxy) is 6. The van der Waals surface area contributed by atoms with Crippen LogP contribution in [0.4, 0.5) is 0 Å². The van der Waals surface area contributed by atoms with Gasteiger partial charge in [0.05, 0.1) is 24.1 Å². The lowest BCUT2D eigenvalue weighted by Gasteiger charge is -2.43. The van der Waals surface area contributed by atoms with Crippen LogP contribution in [-0.2, 0) is 49.3 Å². The molecule has 1 aromatic heterocycles. The SMILES string of the molecule is COC(=O)c1ccc(Cc2ccncc2O[C@@H]2S[C@H](COC(C)=O)[C@@H](OC(C)=O)[C@H](OC(C)=O)[C@H]2OC(C)=O)cc1. The second-order valence-electron chi connectivity index (χ2n) is 9.03. The lowest BCUT2D eigenvalue weighted by molar-refractivity contribution is -0.190. The molecule has 1 saturated heterocycles. The van der Waals surface area contributed by atoms with E-state index < -0.39 is 58.8 Å². The predicted octanol–water partition coefficient (Wildman–Crippen LogP) is 2.64. The molecule has 3 rings (SSSR count). The van der Waals surface area contributed by atoms with Crippen LogP contribution in [0.15, 0.2) is 42.7 Å². The second kappa shape index (κ2) is 14.5. The molecule has 1 aliphatic rings. The van der Waals surface area contributed by atoms with Crippen LogP contribution >= 0.6 is 11.8 Å². The molecular formula is C28H31NO11S. The van der Waals surface area contributed by atoms with E-state index in [0.717, 1.165) is 22.9 Å². The lowest BCUT2D eigenvalue weighted by Crippen LogP contribution is -2.59. The van der Waals surface area contributed by atoms with Gasteiger partial charge in [-0.2, -0.15) is 0 Å². The van der Waals surface area contributed by atoms with Crippen molar-refractivity contribution in [1.29, 1.82) is 0 Å². The van der Waals surface area contributed by atoms with Gasteiger partial charge in [-0.25, -0.2) is 4.79 Å². The summed E-state index contributed by atoms with van der Waals surface area (Å²) in [7, 11) is 1.31. The smallest absolute Gasteiger partial charge is 0.337 e. The summed E-state index contributed by atoms with van der Waals surface area (Å²) in [6, 6.07) is 8.61. The van der Waals surface area contributed by atoms with Gasteiger partial charge in [0, 0.05) is 45.9 Å². The topological polar surface area (TPSA) is 154 Å². The fourth-order valence-electron chi connectivity index (χ4n) is 4.17. The Kier molecular flexibility index (Phi) is 11.1. The quantitative estimate of drug-likeness (QED) is 0.295. The highest BCUT2D eigenvalue weighted by Gasteiger charge is 2.53. The molecule has 1 aromatic carbocycles. The Morgan fingerprint density at radius 3 is 2.00 bits per heavy atom. The Balaban J connectivity index is 1.96. The Morgan fingerprint density at radius 2 is 1.41 bits per heavy atom. The molecule has 2 aromatic rings. The minimum Gasteiger partial charge on any atom is -0.474 e. The third-order valence-corrected chi connectivity index (χ3v) is 7.22. The van der Waals surface area contributed by atoms with Gasteiger partial charge in [0.1, 0.15) is 12.4 Å². The Morgan fingerprint density at radius 1 is 0.805 bits per heavy atom. The van der Waals surface area contributed by atoms with E-state index in [0.29, 0.717) is 17.7 Å². The number of rotatable bonds is 10.